The maximum atomic E-state index is 12.3. The number of aromatic amines is 1. The van der Waals surface area contributed by atoms with E-state index in [-0.39, 0.29) is 35.3 Å². The molecule has 3 heterocycles. The molecule has 4 aromatic rings. The molecule has 9 nitrogen and oxygen atoms in total. The van der Waals surface area contributed by atoms with Crippen molar-refractivity contribution < 1.29 is 14.5 Å². The van der Waals surface area contributed by atoms with Crippen molar-refractivity contribution >= 4 is 28.2 Å². The molecule has 0 radical (unpaired) electrons. The zero-order valence-corrected chi connectivity index (χ0v) is 17.9. The highest BCUT2D eigenvalue weighted by Gasteiger charge is 2.32. The van der Waals surface area contributed by atoms with Gasteiger partial charge in [-0.1, -0.05) is 37.3 Å². The molecule has 1 N–H and O–H groups in total. The molecule has 0 amide bonds. The highest BCUT2D eigenvalue weighted by Crippen LogP contribution is 2.39. The van der Waals surface area contributed by atoms with E-state index in [0.29, 0.717) is 18.7 Å². The van der Waals surface area contributed by atoms with Crippen molar-refractivity contribution in [3.8, 4) is 11.6 Å². The molecule has 33 heavy (non-hydrogen) atoms. The second-order valence-corrected chi connectivity index (χ2v) is 7.78. The number of nitrogens with one attached hydrogen (secondary N) is 1. The van der Waals surface area contributed by atoms with Crippen LogP contribution in [-0.4, -0.2) is 32.2 Å². The van der Waals surface area contributed by atoms with Crippen LogP contribution in [0.15, 0.2) is 54.9 Å². The Morgan fingerprint density at radius 3 is 2.79 bits per heavy atom. The third kappa shape index (κ3) is 3.67. The van der Waals surface area contributed by atoms with Crippen LogP contribution < -0.4 is 9.64 Å². The molecule has 166 valence electrons. The molecular weight excluding hydrogens is 422 g/mol. The Kier molecular flexibility index (Phi) is 5.21. The second-order valence-electron chi connectivity index (χ2n) is 7.78. The predicted molar refractivity (Wildman–Crippen MR) is 123 cm³/mol. The summed E-state index contributed by atoms with van der Waals surface area (Å²) in [5.74, 6) is 0.107. The van der Waals surface area contributed by atoms with Crippen molar-refractivity contribution in [2.45, 2.75) is 26.3 Å². The minimum absolute atomic E-state index is 0.120. The normalized spacial score (nSPS) is 13.1. The van der Waals surface area contributed by atoms with Gasteiger partial charge in [-0.25, -0.2) is 4.98 Å². The molecule has 5 rings (SSSR count). The first-order chi connectivity index (χ1) is 16.1. The zero-order valence-electron chi connectivity index (χ0n) is 17.9. The first kappa shape index (κ1) is 20.6. The summed E-state index contributed by atoms with van der Waals surface area (Å²) < 4.78 is 5.83. The van der Waals surface area contributed by atoms with Gasteiger partial charge >= 0.3 is 11.6 Å². The van der Waals surface area contributed by atoms with Crippen molar-refractivity contribution in [2.24, 2.45) is 0 Å². The third-order valence-electron chi connectivity index (χ3n) is 5.85. The summed E-state index contributed by atoms with van der Waals surface area (Å²) in [5.41, 5.74) is 3.31. The number of hydrogen-bond donors (Lipinski definition) is 1. The van der Waals surface area contributed by atoms with E-state index in [0.717, 1.165) is 17.6 Å². The van der Waals surface area contributed by atoms with Gasteiger partial charge in [0.2, 0.25) is 5.82 Å². The van der Waals surface area contributed by atoms with E-state index in [4.69, 9.17) is 4.74 Å². The molecule has 2 aromatic carbocycles. The number of carbonyl (C=O) groups excluding carboxylic acids is 1. The Morgan fingerprint density at radius 2 is 1.97 bits per heavy atom. The van der Waals surface area contributed by atoms with Gasteiger partial charge < -0.3 is 14.6 Å². The van der Waals surface area contributed by atoms with Crippen molar-refractivity contribution in [2.75, 3.05) is 11.4 Å². The summed E-state index contributed by atoms with van der Waals surface area (Å²) in [7, 11) is 0. The van der Waals surface area contributed by atoms with Crippen molar-refractivity contribution in [1.29, 1.82) is 0 Å². The first-order valence-electron chi connectivity index (χ1n) is 10.7. The molecule has 2 aromatic heterocycles. The number of benzene rings is 2. The maximum absolute atomic E-state index is 12.3. The number of H-pyrrole nitrogens is 1. The Balaban J connectivity index is 1.52. The summed E-state index contributed by atoms with van der Waals surface area (Å²) in [6.45, 7) is 2.77. The number of fused-ring (bicyclic) bond motifs is 3. The highest BCUT2D eigenvalue weighted by molar-refractivity contribution is 5.98. The Labute approximate surface area is 189 Å². The fraction of sp³-hybridized carbons (Fsp3) is 0.208. The van der Waals surface area contributed by atoms with Gasteiger partial charge in [0.05, 0.1) is 17.0 Å². The number of Topliss-reactive ketones (excluding diaryl/α,β-unsaturated/α-hetero) is 1. The highest BCUT2D eigenvalue weighted by atomic mass is 16.6. The molecule has 9 heteroatoms. The quantitative estimate of drug-likeness (QED) is 0.258. The lowest BCUT2D eigenvalue weighted by atomic mass is 10.0. The van der Waals surface area contributed by atoms with Crippen LogP contribution >= 0.6 is 0 Å². The summed E-state index contributed by atoms with van der Waals surface area (Å²) in [6.07, 6.45) is 2.27. The Morgan fingerprint density at radius 1 is 1.18 bits per heavy atom. The van der Waals surface area contributed by atoms with Gasteiger partial charge in [0.1, 0.15) is 12.1 Å². The molecule has 1 aliphatic rings. The first-order valence-corrected chi connectivity index (χ1v) is 10.7. The minimum Gasteiger partial charge on any atom is -0.433 e. The van der Waals surface area contributed by atoms with Gasteiger partial charge in [-0.3, -0.25) is 14.9 Å². The number of rotatable bonds is 6. The average molecular weight is 443 g/mol. The van der Waals surface area contributed by atoms with Gasteiger partial charge in [-0.05, 0) is 30.2 Å². The largest absolute Gasteiger partial charge is 0.433 e. The Bertz CT molecular complexity index is 1380. The van der Waals surface area contributed by atoms with E-state index in [2.05, 4.69) is 21.0 Å². The van der Waals surface area contributed by atoms with E-state index in [9.17, 15) is 14.9 Å². The van der Waals surface area contributed by atoms with Crippen molar-refractivity contribution in [3.63, 3.8) is 0 Å². The topological polar surface area (TPSA) is 114 Å². The summed E-state index contributed by atoms with van der Waals surface area (Å²) in [4.78, 5) is 37.4. The van der Waals surface area contributed by atoms with Gasteiger partial charge in [-0.15, -0.1) is 0 Å². The van der Waals surface area contributed by atoms with E-state index in [1.165, 1.54) is 17.3 Å². The number of para-hydroxylation sites is 2. The number of anilines is 1. The summed E-state index contributed by atoms with van der Waals surface area (Å²) in [5, 5.41) is 13.3. The number of carbonyl (C=O) groups is 1. The molecule has 0 saturated heterocycles. The molecule has 0 fully saturated rings. The maximum Gasteiger partial charge on any atom is 0.373 e. The third-order valence-corrected chi connectivity index (χ3v) is 5.85. The lowest BCUT2D eigenvalue weighted by Gasteiger charge is -2.27. The molecule has 0 unspecified atom stereocenters. The molecule has 0 spiro atoms. The molecule has 0 bridgehead atoms. The average Bonchev–Trinajstić information content (AvgIpc) is 3.21. The fourth-order valence-corrected chi connectivity index (χ4v) is 4.27. The molecule has 0 atom stereocenters. The standard InChI is InChI=1S/C24H21N5O4/c1-2-20(30)17-8-4-6-10-21(17)33-24-22(29(31)32)23(25-14-26-24)28-12-11-16-15-7-3-5-9-18(15)27-19(16)13-28/h3-10,14,27H,2,11-13H2,1H3. The molecule has 1 aliphatic heterocycles. The van der Waals surface area contributed by atoms with E-state index < -0.39 is 4.92 Å². The van der Waals surface area contributed by atoms with Crippen LogP contribution in [-0.2, 0) is 13.0 Å². The summed E-state index contributed by atoms with van der Waals surface area (Å²) in [6, 6.07) is 14.7. The van der Waals surface area contributed by atoms with Crippen LogP contribution in [0.4, 0.5) is 11.5 Å². The lowest BCUT2D eigenvalue weighted by Crippen LogP contribution is -2.31. The molecule has 0 saturated carbocycles. The lowest BCUT2D eigenvalue weighted by molar-refractivity contribution is -0.385. The smallest absolute Gasteiger partial charge is 0.373 e. The SMILES string of the molecule is CCC(=O)c1ccccc1Oc1ncnc(N2CCc3c([nH]c4ccccc34)C2)c1[N+](=O)[O-]. The van der Waals surface area contributed by atoms with Gasteiger partial charge in [0.25, 0.3) is 0 Å². The predicted octanol–water partition coefficient (Wildman–Crippen LogP) is 4.81. The van der Waals surface area contributed by atoms with E-state index in [1.54, 1.807) is 31.2 Å². The Hall–Kier alpha value is -4.27. The number of nitrogens with zero attached hydrogens (tertiary/aromatic N) is 4. The van der Waals surface area contributed by atoms with Crippen LogP contribution in [0.3, 0.4) is 0 Å². The van der Waals surface area contributed by atoms with Crippen LogP contribution in [0.2, 0.25) is 0 Å². The van der Waals surface area contributed by atoms with E-state index >= 15 is 0 Å². The van der Waals surface area contributed by atoms with Crippen molar-refractivity contribution in [3.05, 3.63) is 81.8 Å². The minimum atomic E-state index is -0.532. The van der Waals surface area contributed by atoms with Gasteiger partial charge in [0, 0.05) is 29.6 Å². The van der Waals surface area contributed by atoms with Crippen molar-refractivity contribution in [1.82, 2.24) is 15.0 Å². The number of hydrogen-bond acceptors (Lipinski definition) is 7. The van der Waals surface area contributed by atoms with E-state index in [1.807, 2.05) is 23.1 Å². The van der Waals surface area contributed by atoms with Crippen LogP contribution in [0.5, 0.6) is 11.6 Å². The second kappa shape index (κ2) is 8.34. The summed E-state index contributed by atoms with van der Waals surface area (Å²) >= 11 is 0. The van der Waals surface area contributed by atoms with Gasteiger partial charge in [-0.2, -0.15) is 4.98 Å². The number of ketones is 1. The fourth-order valence-electron chi connectivity index (χ4n) is 4.27. The molecule has 0 aliphatic carbocycles. The number of nitro groups is 1. The van der Waals surface area contributed by atoms with Gasteiger partial charge in [0.15, 0.2) is 5.78 Å². The van der Waals surface area contributed by atoms with Crippen LogP contribution in [0.1, 0.15) is 35.0 Å². The van der Waals surface area contributed by atoms with Crippen LogP contribution in [0.25, 0.3) is 10.9 Å². The monoisotopic (exact) mass is 443 g/mol. The zero-order chi connectivity index (χ0) is 22.9. The number of ether oxygens (including phenoxy) is 1. The van der Waals surface area contributed by atoms with Crippen LogP contribution in [0, 0.1) is 10.1 Å². The number of aromatic nitrogens is 3. The molecular formula is C24H21N5O4.